The van der Waals surface area contributed by atoms with Gasteiger partial charge in [-0.15, -0.1) is 0 Å². The number of hydrogen-bond donors (Lipinski definition) is 1. The molecule has 1 fully saturated rings. The highest BCUT2D eigenvalue weighted by Crippen LogP contribution is 2.22. The molecule has 3 rings (SSSR count). The van der Waals surface area contributed by atoms with Crippen molar-refractivity contribution >= 4 is 0 Å². The van der Waals surface area contributed by atoms with Crippen LogP contribution >= 0.6 is 0 Å². The number of benzene rings is 1. The van der Waals surface area contributed by atoms with Gasteiger partial charge in [-0.25, -0.2) is 8.78 Å². The molecule has 0 radical (unpaired) electrons. The van der Waals surface area contributed by atoms with Gasteiger partial charge in [-0.1, -0.05) is 5.16 Å². The normalized spacial score (nSPS) is 19.6. The molecule has 0 amide bonds. The van der Waals surface area contributed by atoms with Crippen LogP contribution < -0.4 is 5.32 Å². The predicted octanol–water partition coefficient (Wildman–Crippen LogP) is 1.68. The zero-order valence-corrected chi connectivity index (χ0v) is 9.90. The minimum Gasteiger partial charge on any atom is -0.378 e. The van der Waals surface area contributed by atoms with Crippen molar-refractivity contribution in [3.8, 4) is 11.5 Å². The summed E-state index contributed by atoms with van der Waals surface area (Å²) in [5.41, 5.74) is 0.342. The Bertz CT molecular complexity index is 582. The largest absolute Gasteiger partial charge is 0.378 e. The molecule has 2 aromatic rings. The molecular weight excluding hydrogens is 256 g/mol. The Kier molecular flexibility index (Phi) is 3.22. The zero-order valence-electron chi connectivity index (χ0n) is 9.90. The Morgan fingerprint density at radius 1 is 1.26 bits per heavy atom. The van der Waals surface area contributed by atoms with Crippen LogP contribution in [0.25, 0.3) is 11.5 Å². The van der Waals surface area contributed by atoms with Gasteiger partial charge in [0.05, 0.1) is 19.3 Å². The van der Waals surface area contributed by atoms with Gasteiger partial charge in [0.2, 0.25) is 0 Å². The van der Waals surface area contributed by atoms with E-state index < -0.39 is 11.6 Å². The second-order valence-electron chi connectivity index (χ2n) is 4.17. The van der Waals surface area contributed by atoms with Crippen molar-refractivity contribution in [2.75, 3.05) is 19.8 Å². The molecule has 1 aliphatic rings. The van der Waals surface area contributed by atoms with Crippen LogP contribution in [0.15, 0.2) is 22.7 Å². The summed E-state index contributed by atoms with van der Waals surface area (Å²) in [6.45, 7) is 1.81. The van der Waals surface area contributed by atoms with Crippen LogP contribution in [-0.2, 0) is 4.74 Å². The first-order valence-electron chi connectivity index (χ1n) is 5.84. The van der Waals surface area contributed by atoms with Crippen LogP contribution in [0.5, 0.6) is 0 Å². The molecule has 1 aliphatic heterocycles. The standard InChI is InChI=1S/C12H11F2N3O2/c13-8-2-1-7(5-9(8)14)12-16-11(17-19-12)10-6-18-4-3-15-10/h1-2,5,10,15H,3-4,6H2. The van der Waals surface area contributed by atoms with E-state index in [-0.39, 0.29) is 11.9 Å². The lowest BCUT2D eigenvalue weighted by molar-refractivity contribution is 0.0734. The lowest BCUT2D eigenvalue weighted by Crippen LogP contribution is -2.35. The van der Waals surface area contributed by atoms with Gasteiger partial charge >= 0.3 is 0 Å². The van der Waals surface area contributed by atoms with Crippen LogP contribution in [0.3, 0.4) is 0 Å². The zero-order chi connectivity index (χ0) is 13.2. The number of aromatic nitrogens is 2. The number of ether oxygens (including phenoxy) is 1. The topological polar surface area (TPSA) is 60.2 Å². The number of hydrogen-bond acceptors (Lipinski definition) is 5. The smallest absolute Gasteiger partial charge is 0.258 e. The van der Waals surface area contributed by atoms with Crippen molar-refractivity contribution in [1.29, 1.82) is 0 Å². The summed E-state index contributed by atoms with van der Waals surface area (Å²) >= 11 is 0. The Balaban J connectivity index is 1.85. The quantitative estimate of drug-likeness (QED) is 0.897. The fourth-order valence-electron chi connectivity index (χ4n) is 1.85. The molecule has 1 atom stereocenters. The molecule has 19 heavy (non-hydrogen) atoms. The van der Waals surface area contributed by atoms with Gasteiger partial charge in [0.15, 0.2) is 17.5 Å². The Morgan fingerprint density at radius 3 is 2.89 bits per heavy atom. The van der Waals surface area contributed by atoms with Gasteiger partial charge in [0.25, 0.3) is 5.89 Å². The first-order chi connectivity index (χ1) is 9.24. The maximum atomic E-state index is 13.1. The highest BCUT2D eigenvalue weighted by atomic mass is 19.2. The van der Waals surface area contributed by atoms with Gasteiger partial charge in [-0.3, -0.25) is 0 Å². The monoisotopic (exact) mass is 267 g/mol. The van der Waals surface area contributed by atoms with E-state index in [9.17, 15) is 8.78 Å². The number of nitrogens with zero attached hydrogens (tertiary/aromatic N) is 2. The fourth-order valence-corrected chi connectivity index (χ4v) is 1.85. The van der Waals surface area contributed by atoms with E-state index in [1.54, 1.807) is 0 Å². The maximum Gasteiger partial charge on any atom is 0.258 e. The van der Waals surface area contributed by atoms with Gasteiger partial charge in [0.1, 0.15) is 0 Å². The van der Waals surface area contributed by atoms with Crippen molar-refractivity contribution in [1.82, 2.24) is 15.5 Å². The number of morpholine rings is 1. The third kappa shape index (κ3) is 2.47. The average molecular weight is 267 g/mol. The number of nitrogens with one attached hydrogen (secondary N) is 1. The van der Waals surface area contributed by atoms with Gasteiger partial charge < -0.3 is 14.6 Å². The first-order valence-corrected chi connectivity index (χ1v) is 5.84. The molecule has 1 aromatic heterocycles. The van der Waals surface area contributed by atoms with Gasteiger partial charge in [-0.2, -0.15) is 4.98 Å². The molecule has 0 aliphatic carbocycles. The van der Waals surface area contributed by atoms with Crippen molar-refractivity contribution < 1.29 is 18.0 Å². The summed E-state index contributed by atoms with van der Waals surface area (Å²) in [6.07, 6.45) is 0. The fraction of sp³-hybridized carbons (Fsp3) is 0.333. The van der Waals surface area contributed by atoms with E-state index >= 15 is 0 Å². The van der Waals surface area contributed by atoms with E-state index in [1.807, 2.05) is 0 Å². The van der Waals surface area contributed by atoms with E-state index in [1.165, 1.54) is 6.07 Å². The lowest BCUT2D eigenvalue weighted by Gasteiger charge is -2.20. The minimum atomic E-state index is -0.948. The second kappa shape index (κ2) is 5.02. The molecular formula is C12H11F2N3O2. The molecule has 100 valence electrons. The Hall–Kier alpha value is -1.86. The van der Waals surface area contributed by atoms with Gasteiger partial charge in [-0.05, 0) is 18.2 Å². The van der Waals surface area contributed by atoms with Crippen LogP contribution in [0, 0.1) is 11.6 Å². The van der Waals surface area contributed by atoms with Crippen LogP contribution in [0.2, 0.25) is 0 Å². The Morgan fingerprint density at radius 2 is 2.16 bits per heavy atom. The molecule has 0 saturated carbocycles. The number of halogens is 2. The molecule has 1 aromatic carbocycles. The van der Waals surface area contributed by atoms with Crippen LogP contribution in [0.4, 0.5) is 8.78 Å². The third-order valence-electron chi connectivity index (χ3n) is 2.84. The Labute approximate surface area is 107 Å². The SMILES string of the molecule is Fc1ccc(-c2nc(C3COCCN3)no2)cc1F. The average Bonchev–Trinajstić information content (AvgIpc) is 2.93. The van der Waals surface area contributed by atoms with Crippen molar-refractivity contribution in [2.24, 2.45) is 0 Å². The molecule has 1 N–H and O–H groups in total. The van der Waals surface area contributed by atoms with E-state index in [4.69, 9.17) is 9.26 Å². The summed E-state index contributed by atoms with van der Waals surface area (Å²) < 4.78 is 36.3. The first kappa shape index (κ1) is 12.2. The predicted molar refractivity (Wildman–Crippen MR) is 61.2 cm³/mol. The molecule has 0 bridgehead atoms. The third-order valence-corrected chi connectivity index (χ3v) is 2.84. The molecule has 5 nitrogen and oxygen atoms in total. The summed E-state index contributed by atoms with van der Waals surface area (Å²) in [4.78, 5) is 4.17. The van der Waals surface area contributed by atoms with Crippen molar-refractivity contribution in [2.45, 2.75) is 6.04 Å². The van der Waals surface area contributed by atoms with Crippen LogP contribution in [-0.4, -0.2) is 29.9 Å². The molecule has 1 saturated heterocycles. The van der Waals surface area contributed by atoms with Gasteiger partial charge in [0, 0.05) is 12.1 Å². The molecule has 0 spiro atoms. The highest BCUT2D eigenvalue weighted by Gasteiger charge is 2.21. The molecule has 2 heterocycles. The molecule has 1 unspecified atom stereocenters. The van der Waals surface area contributed by atoms with E-state index in [0.717, 1.165) is 12.1 Å². The summed E-state index contributed by atoms with van der Waals surface area (Å²) in [6, 6.07) is 3.30. The summed E-state index contributed by atoms with van der Waals surface area (Å²) in [7, 11) is 0. The van der Waals surface area contributed by atoms with Crippen molar-refractivity contribution in [3.05, 3.63) is 35.7 Å². The van der Waals surface area contributed by atoms with Crippen molar-refractivity contribution in [3.63, 3.8) is 0 Å². The molecule has 7 heteroatoms. The second-order valence-corrected chi connectivity index (χ2v) is 4.17. The minimum absolute atomic E-state index is 0.142. The highest BCUT2D eigenvalue weighted by molar-refractivity contribution is 5.52. The maximum absolute atomic E-state index is 13.1. The number of rotatable bonds is 2. The lowest BCUT2D eigenvalue weighted by atomic mass is 10.2. The van der Waals surface area contributed by atoms with E-state index in [2.05, 4.69) is 15.5 Å². The summed E-state index contributed by atoms with van der Waals surface area (Å²) in [5, 5.41) is 7.00. The van der Waals surface area contributed by atoms with E-state index in [0.29, 0.717) is 31.1 Å². The summed E-state index contributed by atoms with van der Waals surface area (Å²) in [5.74, 6) is -1.26. The van der Waals surface area contributed by atoms with Crippen LogP contribution in [0.1, 0.15) is 11.9 Å².